The van der Waals surface area contributed by atoms with Crippen LogP contribution in [0.1, 0.15) is 22.3 Å². The molecule has 0 saturated carbocycles. The van der Waals surface area contributed by atoms with Crippen LogP contribution < -0.4 is 9.44 Å². The second kappa shape index (κ2) is 8.77. The van der Waals surface area contributed by atoms with Gasteiger partial charge in [-0.05, 0) is 86.3 Å². The van der Waals surface area contributed by atoms with Crippen LogP contribution in [0.3, 0.4) is 0 Å². The molecule has 4 aromatic rings. The summed E-state index contributed by atoms with van der Waals surface area (Å²) in [6.07, 6.45) is 0. The van der Waals surface area contributed by atoms with E-state index in [2.05, 4.69) is 9.44 Å². The largest absolute Gasteiger partial charge is 0.280 e. The van der Waals surface area contributed by atoms with Crippen LogP contribution in [0, 0.1) is 27.7 Å². The Kier molecular flexibility index (Phi) is 6.14. The molecule has 0 spiro atoms. The number of anilines is 2. The predicted octanol–water partition coefficient (Wildman–Crippen LogP) is 5.68. The summed E-state index contributed by atoms with van der Waals surface area (Å²) in [5, 5.41) is 0.642. The molecule has 0 radical (unpaired) electrons. The minimum atomic E-state index is -3.97. The molecule has 4 rings (SSSR count). The van der Waals surface area contributed by atoms with Crippen molar-refractivity contribution >= 4 is 42.2 Å². The van der Waals surface area contributed by atoms with Gasteiger partial charge in [0.2, 0.25) is 0 Å². The fourth-order valence-electron chi connectivity index (χ4n) is 3.75. The number of benzene rings is 4. The van der Waals surface area contributed by atoms with Crippen molar-refractivity contribution in [2.45, 2.75) is 37.5 Å². The van der Waals surface area contributed by atoms with Crippen LogP contribution in [0.5, 0.6) is 0 Å². The van der Waals surface area contributed by atoms with E-state index in [1.165, 1.54) is 12.1 Å². The zero-order valence-corrected chi connectivity index (χ0v) is 21.0. The summed E-state index contributed by atoms with van der Waals surface area (Å²) in [6, 6.07) is 19.9. The molecule has 0 saturated heterocycles. The van der Waals surface area contributed by atoms with Crippen molar-refractivity contribution in [2.75, 3.05) is 9.44 Å². The van der Waals surface area contributed by atoms with E-state index in [0.29, 0.717) is 22.1 Å². The number of fused-ring (bicyclic) bond motifs is 1. The fourth-order valence-corrected chi connectivity index (χ4v) is 6.30. The van der Waals surface area contributed by atoms with Crippen LogP contribution in [0.2, 0.25) is 0 Å². The summed E-state index contributed by atoms with van der Waals surface area (Å²) in [7, 11) is -7.93. The average Bonchev–Trinajstić information content (AvgIpc) is 2.77. The molecule has 34 heavy (non-hydrogen) atoms. The van der Waals surface area contributed by atoms with Gasteiger partial charge in [0.25, 0.3) is 20.0 Å². The Morgan fingerprint density at radius 1 is 0.500 bits per heavy atom. The topological polar surface area (TPSA) is 92.3 Å². The monoisotopic (exact) mass is 494 g/mol. The van der Waals surface area contributed by atoms with E-state index in [4.69, 9.17) is 0 Å². The summed E-state index contributed by atoms with van der Waals surface area (Å²) in [5.41, 5.74) is 4.92. The predicted molar refractivity (Wildman–Crippen MR) is 137 cm³/mol. The third-order valence-corrected chi connectivity index (χ3v) is 8.82. The molecule has 6 nitrogen and oxygen atoms in total. The first-order valence-corrected chi connectivity index (χ1v) is 13.7. The molecule has 8 heteroatoms. The molecule has 0 amide bonds. The molecule has 0 fully saturated rings. The number of hydrogen-bond donors (Lipinski definition) is 2. The Morgan fingerprint density at radius 3 is 1.24 bits per heavy atom. The van der Waals surface area contributed by atoms with E-state index in [0.717, 1.165) is 22.3 Å². The summed E-state index contributed by atoms with van der Waals surface area (Å²) in [6.45, 7) is 7.72. The zero-order chi connectivity index (χ0) is 24.7. The summed E-state index contributed by atoms with van der Waals surface area (Å²) < 4.78 is 58.3. The second-order valence-electron chi connectivity index (χ2n) is 8.42. The van der Waals surface area contributed by atoms with Gasteiger partial charge in [-0.1, -0.05) is 36.4 Å². The quantitative estimate of drug-likeness (QED) is 0.361. The molecule has 0 aliphatic carbocycles. The van der Waals surface area contributed by atoms with Crippen LogP contribution in [0.15, 0.2) is 82.6 Å². The lowest BCUT2D eigenvalue weighted by molar-refractivity contribution is 0.599. The molecule has 0 bridgehead atoms. The standard InChI is InChI=1S/C26H26N2O4S2/c1-17-11-13-21(15-19(17)3)27-33(29,30)25-9-5-8-24-23(25)7-6-10-26(24)34(31,32)28-22-14-12-18(2)20(4)16-22/h5-16,27-28H,1-4H3. The van der Waals surface area contributed by atoms with E-state index in [1.807, 2.05) is 39.8 Å². The highest BCUT2D eigenvalue weighted by atomic mass is 32.2. The molecule has 0 aliphatic heterocycles. The average molecular weight is 495 g/mol. The first kappa shape index (κ1) is 23.8. The van der Waals surface area contributed by atoms with Crippen molar-refractivity contribution in [1.82, 2.24) is 0 Å². The Balaban J connectivity index is 1.77. The maximum atomic E-state index is 13.3. The van der Waals surface area contributed by atoms with Crippen LogP contribution in [-0.2, 0) is 20.0 Å². The number of hydrogen-bond acceptors (Lipinski definition) is 4. The summed E-state index contributed by atoms with van der Waals surface area (Å²) in [5.74, 6) is 0. The van der Waals surface area contributed by atoms with Crippen LogP contribution in [0.4, 0.5) is 11.4 Å². The maximum Gasteiger partial charge on any atom is 0.262 e. The smallest absolute Gasteiger partial charge is 0.262 e. The highest BCUT2D eigenvalue weighted by Crippen LogP contribution is 2.31. The van der Waals surface area contributed by atoms with Crippen LogP contribution in [-0.4, -0.2) is 16.8 Å². The molecule has 4 aromatic carbocycles. The molecular formula is C26H26N2O4S2. The van der Waals surface area contributed by atoms with Crippen molar-refractivity contribution in [1.29, 1.82) is 0 Å². The first-order chi connectivity index (χ1) is 16.0. The number of aryl methyl sites for hydroxylation is 4. The highest BCUT2D eigenvalue weighted by molar-refractivity contribution is 7.93. The summed E-state index contributed by atoms with van der Waals surface area (Å²) >= 11 is 0. The van der Waals surface area contributed by atoms with Gasteiger partial charge in [-0.15, -0.1) is 0 Å². The Morgan fingerprint density at radius 2 is 0.882 bits per heavy atom. The number of rotatable bonds is 6. The van der Waals surface area contributed by atoms with Gasteiger partial charge in [0.05, 0.1) is 9.79 Å². The second-order valence-corrected chi connectivity index (χ2v) is 11.7. The van der Waals surface area contributed by atoms with Crippen molar-refractivity contribution in [3.05, 3.63) is 95.1 Å². The van der Waals surface area contributed by atoms with Gasteiger partial charge in [0.15, 0.2) is 0 Å². The molecule has 0 unspecified atom stereocenters. The fraction of sp³-hybridized carbons (Fsp3) is 0.154. The lowest BCUT2D eigenvalue weighted by Gasteiger charge is -2.15. The van der Waals surface area contributed by atoms with Crippen LogP contribution >= 0.6 is 0 Å². The maximum absolute atomic E-state index is 13.3. The first-order valence-electron chi connectivity index (χ1n) is 10.7. The van der Waals surface area contributed by atoms with Gasteiger partial charge in [-0.25, -0.2) is 16.8 Å². The van der Waals surface area contributed by atoms with E-state index in [1.54, 1.807) is 48.5 Å². The van der Waals surface area contributed by atoms with Gasteiger partial charge in [0.1, 0.15) is 0 Å². The lowest BCUT2D eigenvalue weighted by atomic mass is 10.1. The molecule has 0 aromatic heterocycles. The van der Waals surface area contributed by atoms with E-state index in [9.17, 15) is 16.8 Å². The van der Waals surface area contributed by atoms with Gasteiger partial charge in [0, 0.05) is 22.1 Å². The van der Waals surface area contributed by atoms with Crippen molar-refractivity contribution in [3.8, 4) is 0 Å². The lowest BCUT2D eigenvalue weighted by Crippen LogP contribution is -2.15. The van der Waals surface area contributed by atoms with E-state index in [-0.39, 0.29) is 9.79 Å². The Bertz CT molecular complexity index is 1500. The Labute approximate surface area is 200 Å². The number of nitrogens with one attached hydrogen (secondary N) is 2. The van der Waals surface area contributed by atoms with Crippen molar-refractivity contribution in [2.24, 2.45) is 0 Å². The van der Waals surface area contributed by atoms with Gasteiger partial charge in [-0.3, -0.25) is 9.44 Å². The number of sulfonamides is 2. The third-order valence-electron chi connectivity index (χ3n) is 5.94. The molecule has 176 valence electrons. The van der Waals surface area contributed by atoms with Gasteiger partial charge in [-0.2, -0.15) is 0 Å². The molecule has 0 atom stereocenters. The molecule has 2 N–H and O–H groups in total. The summed E-state index contributed by atoms with van der Waals surface area (Å²) in [4.78, 5) is 0.0120. The SMILES string of the molecule is Cc1ccc(NS(=O)(=O)c2cccc3c(S(=O)(=O)Nc4ccc(C)c(C)c4)cccc23)cc1C. The molecule has 0 heterocycles. The normalized spacial score (nSPS) is 12.0. The highest BCUT2D eigenvalue weighted by Gasteiger charge is 2.23. The Hall–Kier alpha value is -3.36. The van der Waals surface area contributed by atoms with E-state index < -0.39 is 20.0 Å². The van der Waals surface area contributed by atoms with E-state index >= 15 is 0 Å². The minimum Gasteiger partial charge on any atom is -0.280 e. The third kappa shape index (κ3) is 4.64. The minimum absolute atomic E-state index is 0.00598. The molecule has 0 aliphatic rings. The van der Waals surface area contributed by atoms with Gasteiger partial charge >= 0.3 is 0 Å². The van der Waals surface area contributed by atoms with Crippen molar-refractivity contribution in [3.63, 3.8) is 0 Å². The van der Waals surface area contributed by atoms with Crippen LogP contribution in [0.25, 0.3) is 10.8 Å². The van der Waals surface area contributed by atoms with Crippen molar-refractivity contribution < 1.29 is 16.8 Å². The molecular weight excluding hydrogens is 468 g/mol. The van der Waals surface area contributed by atoms with Gasteiger partial charge < -0.3 is 0 Å². The zero-order valence-electron chi connectivity index (χ0n) is 19.4.